The molecule has 0 aromatic carbocycles. The van der Waals surface area contributed by atoms with Gasteiger partial charge in [-0.1, -0.05) is 0 Å². The first-order valence-corrected chi connectivity index (χ1v) is 3.73. The van der Waals surface area contributed by atoms with E-state index in [-0.39, 0.29) is 25.5 Å². The summed E-state index contributed by atoms with van der Waals surface area (Å²) in [6, 6.07) is 0. The number of azo groups is 1. The molecule has 0 aliphatic carbocycles. The molecule has 0 saturated heterocycles. The van der Waals surface area contributed by atoms with Crippen molar-refractivity contribution < 1.29 is 14.3 Å². The molecule has 0 aromatic rings. The molecule has 0 aliphatic rings. The highest BCUT2D eigenvalue weighted by Gasteiger charge is 1.98. The number of carbonyl (C=O) groups excluding carboxylic acids is 2. The Morgan fingerprint density at radius 3 is 2.83 bits per heavy atom. The quantitative estimate of drug-likeness (QED) is 0.334. The summed E-state index contributed by atoms with van der Waals surface area (Å²) < 4.78 is 4.64. The molecule has 0 aliphatic heterocycles. The Balaban J connectivity index is 3.29. The molecule has 0 spiro atoms. The number of ether oxygens (including phenoxy) is 1. The Kier molecular flexibility index (Phi) is 7.02. The van der Waals surface area contributed by atoms with Crippen molar-refractivity contribution in [1.29, 1.82) is 0 Å². The highest BCUT2D eigenvalue weighted by atomic mass is 16.5. The first kappa shape index (κ1) is 10.7. The van der Waals surface area contributed by atoms with Gasteiger partial charge in [0.05, 0.1) is 19.6 Å². The molecule has 5 nitrogen and oxygen atoms in total. The summed E-state index contributed by atoms with van der Waals surface area (Å²) in [5.74, 6) is -0.289. The standard InChI is InChI=1S/C7H12N2O3/c1-2-12-7(11)3-4-8-9-5-6-10/h6H,2-5H2,1H3. The van der Waals surface area contributed by atoms with Crippen LogP contribution in [-0.4, -0.2) is 32.0 Å². The number of rotatable bonds is 6. The lowest BCUT2D eigenvalue weighted by Gasteiger charge is -1.96. The van der Waals surface area contributed by atoms with Gasteiger partial charge in [0.15, 0.2) is 0 Å². The second-order valence-corrected chi connectivity index (χ2v) is 1.91. The maximum Gasteiger partial charge on any atom is 0.307 e. The first-order chi connectivity index (χ1) is 5.81. The third kappa shape index (κ3) is 6.85. The molecule has 12 heavy (non-hydrogen) atoms. The van der Waals surface area contributed by atoms with Gasteiger partial charge in [0, 0.05) is 0 Å². The van der Waals surface area contributed by atoms with Gasteiger partial charge in [0.25, 0.3) is 0 Å². The van der Waals surface area contributed by atoms with E-state index in [0.29, 0.717) is 12.9 Å². The van der Waals surface area contributed by atoms with E-state index in [1.807, 2.05) is 0 Å². The molecule has 0 unspecified atom stereocenters. The Morgan fingerprint density at radius 1 is 1.50 bits per heavy atom. The van der Waals surface area contributed by atoms with Crippen molar-refractivity contribution in [2.45, 2.75) is 13.3 Å². The van der Waals surface area contributed by atoms with Crippen LogP contribution in [0.2, 0.25) is 0 Å². The lowest BCUT2D eigenvalue weighted by Crippen LogP contribution is -2.04. The fraction of sp³-hybridized carbons (Fsp3) is 0.714. The minimum absolute atomic E-state index is 0.0584. The predicted molar refractivity (Wildman–Crippen MR) is 41.9 cm³/mol. The molecule has 68 valence electrons. The van der Waals surface area contributed by atoms with Gasteiger partial charge in [0.2, 0.25) is 0 Å². The van der Waals surface area contributed by atoms with Crippen molar-refractivity contribution in [3.8, 4) is 0 Å². The number of carbonyl (C=O) groups is 2. The van der Waals surface area contributed by atoms with Crippen molar-refractivity contribution in [2.24, 2.45) is 10.2 Å². The third-order valence-corrected chi connectivity index (χ3v) is 0.977. The molecule has 0 rings (SSSR count). The van der Waals surface area contributed by atoms with Gasteiger partial charge in [-0.2, -0.15) is 10.2 Å². The van der Waals surface area contributed by atoms with E-state index in [0.717, 1.165) is 0 Å². The third-order valence-electron chi connectivity index (χ3n) is 0.977. The van der Waals surface area contributed by atoms with Crippen molar-refractivity contribution in [2.75, 3.05) is 19.7 Å². The van der Waals surface area contributed by atoms with Gasteiger partial charge in [0.1, 0.15) is 12.8 Å². The van der Waals surface area contributed by atoms with Gasteiger partial charge in [-0.3, -0.25) is 4.79 Å². The molecular formula is C7H12N2O3. The summed E-state index contributed by atoms with van der Waals surface area (Å²) in [6.07, 6.45) is 0.865. The molecule has 0 atom stereocenters. The lowest BCUT2D eigenvalue weighted by atomic mass is 10.4. The minimum atomic E-state index is -0.289. The van der Waals surface area contributed by atoms with Crippen LogP contribution >= 0.6 is 0 Å². The van der Waals surface area contributed by atoms with Gasteiger partial charge in [-0.05, 0) is 6.92 Å². The van der Waals surface area contributed by atoms with E-state index in [4.69, 9.17) is 0 Å². The van der Waals surface area contributed by atoms with Crippen molar-refractivity contribution in [3.63, 3.8) is 0 Å². The zero-order chi connectivity index (χ0) is 9.23. The zero-order valence-electron chi connectivity index (χ0n) is 7.02. The summed E-state index contributed by atoms with van der Waals surface area (Å²) >= 11 is 0. The van der Waals surface area contributed by atoms with Crippen LogP contribution in [0.15, 0.2) is 10.2 Å². The fourth-order valence-corrected chi connectivity index (χ4v) is 0.536. The number of hydrogen-bond donors (Lipinski definition) is 0. The van der Waals surface area contributed by atoms with Gasteiger partial charge in [-0.15, -0.1) is 0 Å². The smallest absolute Gasteiger partial charge is 0.307 e. The molecule has 0 bridgehead atoms. The maximum absolute atomic E-state index is 10.7. The van der Waals surface area contributed by atoms with Crippen LogP contribution in [0.4, 0.5) is 0 Å². The summed E-state index contributed by atoms with van der Waals surface area (Å²) in [7, 11) is 0. The number of hydrogen-bond acceptors (Lipinski definition) is 5. The second kappa shape index (κ2) is 7.84. The second-order valence-electron chi connectivity index (χ2n) is 1.91. The number of esters is 1. The summed E-state index contributed by atoms with van der Waals surface area (Å²) in [5, 5.41) is 7.05. The van der Waals surface area contributed by atoms with E-state index in [1.165, 1.54) is 0 Å². The molecule has 0 fully saturated rings. The highest BCUT2D eigenvalue weighted by molar-refractivity contribution is 5.69. The molecule has 5 heteroatoms. The van der Waals surface area contributed by atoms with E-state index in [1.54, 1.807) is 6.92 Å². The van der Waals surface area contributed by atoms with Crippen LogP contribution in [-0.2, 0) is 14.3 Å². The average molecular weight is 172 g/mol. The summed E-state index contributed by atoms with van der Waals surface area (Å²) in [4.78, 5) is 20.4. The first-order valence-electron chi connectivity index (χ1n) is 3.73. The molecule has 0 N–H and O–H groups in total. The van der Waals surface area contributed by atoms with Crippen LogP contribution < -0.4 is 0 Å². The SMILES string of the molecule is CCOC(=O)CCN=NCC=O. The van der Waals surface area contributed by atoms with Gasteiger partial charge in [-0.25, -0.2) is 0 Å². The van der Waals surface area contributed by atoms with Gasteiger partial charge >= 0.3 is 5.97 Å². The van der Waals surface area contributed by atoms with E-state index < -0.39 is 0 Å². The minimum Gasteiger partial charge on any atom is -0.466 e. The van der Waals surface area contributed by atoms with Crippen LogP contribution in [0.25, 0.3) is 0 Å². The number of nitrogens with zero attached hydrogens (tertiary/aromatic N) is 2. The van der Waals surface area contributed by atoms with E-state index >= 15 is 0 Å². The summed E-state index contributed by atoms with van der Waals surface area (Å²) in [5.41, 5.74) is 0. The molecular weight excluding hydrogens is 160 g/mol. The van der Waals surface area contributed by atoms with E-state index in [2.05, 4.69) is 15.0 Å². The van der Waals surface area contributed by atoms with Crippen molar-refractivity contribution >= 4 is 12.3 Å². The number of aldehydes is 1. The molecule has 0 amide bonds. The molecule has 0 saturated carbocycles. The van der Waals surface area contributed by atoms with Crippen LogP contribution in [0, 0.1) is 0 Å². The Morgan fingerprint density at radius 2 is 2.25 bits per heavy atom. The Labute approximate surface area is 70.8 Å². The predicted octanol–water partition coefficient (Wildman–Crippen LogP) is 0.591. The maximum atomic E-state index is 10.7. The van der Waals surface area contributed by atoms with Crippen LogP contribution in [0.1, 0.15) is 13.3 Å². The largest absolute Gasteiger partial charge is 0.466 e. The van der Waals surface area contributed by atoms with Crippen LogP contribution in [0.3, 0.4) is 0 Å². The van der Waals surface area contributed by atoms with Crippen LogP contribution in [0.5, 0.6) is 0 Å². The average Bonchev–Trinajstić information content (AvgIpc) is 2.05. The Hall–Kier alpha value is -1.26. The molecule has 0 radical (unpaired) electrons. The fourth-order valence-electron chi connectivity index (χ4n) is 0.536. The molecule has 0 heterocycles. The monoisotopic (exact) mass is 172 g/mol. The van der Waals surface area contributed by atoms with Crippen molar-refractivity contribution in [3.05, 3.63) is 0 Å². The van der Waals surface area contributed by atoms with Gasteiger partial charge < -0.3 is 9.53 Å². The summed E-state index contributed by atoms with van der Waals surface area (Å²) in [6.45, 7) is 2.46. The van der Waals surface area contributed by atoms with Crippen molar-refractivity contribution in [1.82, 2.24) is 0 Å². The topological polar surface area (TPSA) is 68.1 Å². The Bertz CT molecular complexity index is 168. The molecule has 0 aromatic heterocycles. The normalized spacial score (nSPS) is 10.1. The lowest BCUT2D eigenvalue weighted by molar-refractivity contribution is -0.142. The zero-order valence-corrected chi connectivity index (χ0v) is 7.02. The van der Waals surface area contributed by atoms with E-state index in [9.17, 15) is 9.59 Å². The highest BCUT2D eigenvalue weighted by Crippen LogP contribution is 1.87.